The number of piperazine rings is 1. The molecule has 5 rings (SSSR count). The summed E-state index contributed by atoms with van der Waals surface area (Å²) in [6.07, 6.45) is 2.28. The van der Waals surface area contributed by atoms with Gasteiger partial charge in [-0.05, 0) is 54.8 Å². The van der Waals surface area contributed by atoms with Crippen LogP contribution in [0.25, 0.3) is 0 Å². The lowest BCUT2D eigenvalue weighted by molar-refractivity contribution is -0.140. The summed E-state index contributed by atoms with van der Waals surface area (Å²) in [6, 6.07) is 14.2. The molecule has 2 aromatic rings. The summed E-state index contributed by atoms with van der Waals surface area (Å²) in [7, 11) is 0. The van der Waals surface area contributed by atoms with Crippen LogP contribution < -0.4 is 4.90 Å². The summed E-state index contributed by atoms with van der Waals surface area (Å²) in [5.74, 6) is -0.375. The highest BCUT2D eigenvalue weighted by Gasteiger charge is 2.43. The second-order valence-electron chi connectivity index (χ2n) is 9.43. The molecule has 35 heavy (non-hydrogen) atoms. The molecule has 2 aromatic carbocycles. The van der Waals surface area contributed by atoms with E-state index in [-0.39, 0.29) is 42.5 Å². The van der Waals surface area contributed by atoms with Gasteiger partial charge in [-0.25, -0.2) is 4.39 Å². The fourth-order valence-electron chi connectivity index (χ4n) is 5.45. The van der Waals surface area contributed by atoms with E-state index in [0.717, 1.165) is 63.4 Å². The molecule has 3 aliphatic rings. The maximum Gasteiger partial charge on any atom is 0.247 e. The van der Waals surface area contributed by atoms with E-state index in [2.05, 4.69) is 14.7 Å². The normalized spacial score (nSPS) is 22.5. The average molecular weight is 521 g/mol. The summed E-state index contributed by atoms with van der Waals surface area (Å²) in [4.78, 5) is 34.1. The van der Waals surface area contributed by atoms with E-state index in [1.165, 1.54) is 17.0 Å². The molecule has 188 valence electrons. The molecule has 0 bridgehead atoms. The number of piperidine rings is 1. The Morgan fingerprint density at radius 2 is 1.46 bits per heavy atom. The van der Waals surface area contributed by atoms with Crippen molar-refractivity contribution in [3.05, 3.63) is 64.9 Å². The van der Waals surface area contributed by atoms with Crippen LogP contribution in [0.3, 0.4) is 0 Å². The van der Waals surface area contributed by atoms with E-state index in [9.17, 15) is 14.0 Å². The highest BCUT2D eigenvalue weighted by Crippen LogP contribution is 2.27. The SMILES string of the molecule is Cl.O=C1CC(N2CCC(N3CCN(c4ccc(F)cc4)CC3)CC2)C(=O)N1Cc1ccc(Cl)cc1. The van der Waals surface area contributed by atoms with Gasteiger partial charge in [-0.1, -0.05) is 23.7 Å². The number of benzene rings is 2. The third-order valence-electron chi connectivity index (χ3n) is 7.44. The number of carbonyl (C=O) groups excluding carboxylic acids is 2. The molecule has 0 N–H and O–H groups in total. The molecule has 0 aromatic heterocycles. The summed E-state index contributed by atoms with van der Waals surface area (Å²) >= 11 is 5.95. The van der Waals surface area contributed by atoms with Crippen molar-refractivity contribution in [2.45, 2.75) is 37.9 Å². The molecular weight excluding hydrogens is 490 g/mol. The summed E-state index contributed by atoms with van der Waals surface area (Å²) in [5, 5.41) is 0.639. The van der Waals surface area contributed by atoms with Crippen molar-refractivity contribution >= 4 is 41.5 Å². The van der Waals surface area contributed by atoms with Gasteiger partial charge in [0.05, 0.1) is 19.0 Å². The van der Waals surface area contributed by atoms with Crippen LogP contribution in [0, 0.1) is 5.82 Å². The van der Waals surface area contributed by atoms with Crippen LogP contribution in [0.15, 0.2) is 48.5 Å². The van der Waals surface area contributed by atoms with Gasteiger partial charge in [-0.2, -0.15) is 0 Å². The van der Waals surface area contributed by atoms with Gasteiger partial charge in [0.25, 0.3) is 0 Å². The van der Waals surface area contributed by atoms with Crippen LogP contribution in [0.5, 0.6) is 0 Å². The number of likely N-dealkylation sites (tertiary alicyclic amines) is 2. The Bertz CT molecular complexity index is 1020. The van der Waals surface area contributed by atoms with E-state index >= 15 is 0 Å². The van der Waals surface area contributed by atoms with Gasteiger partial charge in [0, 0.05) is 56.0 Å². The minimum Gasteiger partial charge on any atom is -0.369 e. The Hall–Kier alpha value is -2.19. The predicted molar refractivity (Wildman–Crippen MR) is 137 cm³/mol. The third kappa shape index (κ3) is 5.80. The van der Waals surface area contributed by atoms with Crippen LogP contribution in [-0.4, -0.2) is 77.9 Å². The minimum atomic E-state index is -0.337. The first-order valence-electron chi connectivity index (χ1n) is 12.1. The van der Waals surface area contributed by atoms with Gasteiger partial charge in [0.1, 0.15) is 5.82 Å². The summed E-state index contributed by atoms with van der Waals surface area (Å²) in [5.41, 5.74) is 1.98. The Balaban J connectivity index is 0.00000289. The van der Waals surface area contributed by atoms with Gasteiger partial charge in [0.2, 0.25) is 11.8 Å². The lowest BCUT2D eigenvalue weighted by atomic mass is 10.00. The number of amides is 2. The largest absolute Gasteiger partial charge is 0.369 e. The van der Waals surface area contributed by atoms with Crippen LogP contribution in [0.1, 0.15) is 24.8 Å². The number of anilines is 1. The third-order valence-corrected chi connectivity index (χ3v) is 7.69. The van der Waals surface area contributed by atoms with E-state index in [4.69, 9.17) is 11.6 Å². The number of halogens is 3. The fraction of sp³-hybridized carbons (Fsp3) is 0.462. The molecule has 3 saturated heterocycles. The second kappa shape index (κ2) is 11.2. The maximum atomic E-state index is 13.2. The minimum absolute atomic E-state index is 0. The quantitative estimate of drug-likeness (QED) is 0.561. The second-order valence-corrected chi connectivity index (χ2v) is 9.87. The molecule has 1 atom stereocenters. The number of hydrogen-bond donors (Lipinski definition) is 0. The molecule has 3 fully saturated rings. The zero-order valence-corrected chi connectivity index (χ0v) is 21.2. The van der Waals surface area contributed by atoms with Gasteiger partial charge < -0.3 is 4.90 Å². The number of imide groups is 1. The van der Waals surface area contributed by atoms with Crippen LogP contribution in [0.2, 0.25) is 5.02 Å². The molecule has 6 nitrogen and oxygen atoms in total. The Kier molecular flexibility index (Phi) is 8.32. The van der Waals surface area contributed by atoms with E-state index < -0.39 is 0 Å². The molecule has 3 heterocycles. The lowest BCUT2D eigenvalue weighted by Gasteiger charge is -2.44. The number of hydrogen-bond acceptors (Lipinski definition) is 5. The van der Waals surface area contributed by atoms with Crippen LogP contribution >= 0.6 is 24.0 Å². The fourth-order valence-corrected chi connectivity index (χ4v) is 5.58. The standard InChI is InChI=1S/C26H30ClFN4O2.ClH/c27-20-3-1-19(2-4-20)18-32-25(33)17-24(26(32)34)31-11-9-23(10-12-31)30-15-13-29(14-16-30)22-7-5-21(28)6-8-22;/h1-8,23-24H,9-18H2;1H. The number of carbonyl (C=O) groups is 2. The van der Waals surface area contributed by atoms with E-state index in [1.807, 2.05) is 24.3 Å². The Labute approximate surface area is 217 Å². The van der Waals surface area contributed by atoms with E-state index in [1.54, 1.807) is 12.1 Å². The summed E-state index contributed by atoms with van der Waals surface area (Å²) < 4.78 is 13.2. The average Bonchev–Trinajstić information content (AvgIpc) is 3.14. The first-order chi connectivity index (χ1) is 16.5. The van der Waals surface area contributed by atoms with Crippen molar-refractivity contribution in [1.29, 1.82) is 0 Å². The Morgan fingerprint density at radius 3 is 2.09 bits per heavy atom. The molecular formula is C26H31Cl2FN4O2. The molecule has 2 amide bonds. The Morgan fingerprint density at radius 1 is 0.829 bits per heavy atom. The number of rotatable bonds is 5. The molecule has 0 saturated carbocycles. The zero-order valence-electron chi connectivity index (χ0n) is 19.6. The van der Waals surface area contributed by atoms with E-state index in [0.29, 0.717) is 17.6 Å². The highest BCUT2D eigenvalue weighted by molar-refractivity contribution is 6.30. The molecule has 9 heteroatoms. The van der Waals surface area contributed by atoms with Crippen molar-refractivity contribution in [3.63, 3.8) is 0 Å². The van der Waals surface area contributed by atoms with Gasteiger partial charge >= 0.3 is 0 Å². The highest BCUT2D eigenvalue weighted by atomic mass is 35.5. The van der Waals surface area contributed by atoms with Gasteiger partial charge in [0.15, 0.2) is 0 Å². The van der Waals surface area contributed by atoms with Gasteiger partial charge in [-0.15, -0.1) is 12.4 Å². The predicted octanol–water partition coefficient (Wildman–Crippen LogP) is 3.82. The summed E-state index contributed by atoms with van der Waals surface area (Å²) in [6.45, 7) is 5.81. The zero-order chi connectivity index (χ0) is 23.7. The molecule has 0 radical (unpaired) electrons. The smallest absolute Gasteiger partial charge is 0.247 e. The molecule has 0 spiro atoms. The van der Waals surface area contributed by atoms with Crippen LogP contribution in [-0.2, 0) is 16.1 Å². The van der Waals surface area contributed by atoms with Crippen molar-refractivity contribution in [1.82, 2.24) is 14.7 Å². The first kappa shape index (κ1) is 25.9. The molecule has 0 aliphatic carbocycles. The monoisotopic (exact) mass is 520 g/mol. The van der Waals surface area contributed by atoms with Crippen molar-refractivity contribution in [2.75, 3.05) is 44.2 Å². The topological polar surface area (TPSA) is 47.1 Å². The first-order valence-corrected chi connectivity index (χ1v) is 12.4. The molecule has 3 aliphatic heterocycles. The van der Waals surface area contributed by atoms with Crippen LogP contribution in [0.4, 0.5) is 10.1 Å². The molecule has 1 unspecified atom stereocenters. The van der Waals surface area contributed by atoms with Crippen molar-refractivity contribution in [2.24, 2.45) is 0 Å². The van der Waals surface area contributed by atoms with Gasteiger partial charge in [-0.3, -0.25) is 24.3 Å². The number of nitrogens with zero attached hydrogens (tertiary/aromatic N) is 4. The van der Waals surface area contributed by atoms with Crippen molar-refractivity contribution < 1.29 is 14.0 Å². The van der Waals surface area contributed by atoms with Crippen molar-refractivity contribution in [3.8, 4) is 0 Å². The lowest BCUT2D eigenvalue weighted by Crippen LogP contribution is -2.55. The maximum absolute atomic E-state index is 13.2.